The fourth-order valence-electron chi connectivity index (χ4n) is 4.17. The van der Waals surface area contributed by atoms with E-state index in [4.69, 9.17) is 14.5 Å². The number of hydrogen-bond acceptors (Lipinski definition) is 4. The van der Waals surface area contributed by atoms with Crippen molar-refractivity contribution in [2.75, 3.05) is 33.3 Å². The summed E-state index contributed by atoms with van der Waals surface area (Å²) in [7, 11) is 1.65. The molecule has 174 valence electrons. The summed E-state index contributed by atoms with van der Waals surface area (Å²) in [4.78, 5) is 19.4. The number of nitrogens with zero attached hydrogens (tertiary/aromatic N) is 2. The zero-order valence-electron chi connectivity index (χ0n) is 18.9. The van der Waals surface area contributed by atoms with Gasteiger partial charge in [0.25, 0.3) is 0 Å². The number of ether oxygens (including phenoxy) is 2. The van der Waals surface area contributed by atoms with Crippen molar-refractivity contribution in [3.8, 4) is 11.5 Å². The van der Waals surface area contributed by atoms with Crippen LogP contribution in [0.25, 0.3) is 0 Å². The Morgan fingerprint density at radius 2 is 1.87 bits per heavy atom. The molecule has 2 aliphatic rings. The van der Waals surface area contributed by atoms with Crippen LogP contribution in [0.5, 0.6) is 11.5 Å². The van der Waals surface area contributed by atoms with Gasteiger partial charge in [0.2, 0.25) is 5.91 Å². The molecule has 31 heavy (non-hydrogen) atoms. The molecule has 2 N–H and O–H groups in total. The normalized spacial score (nSPS) is 20.2. The third-order valence-electron chi connectivity index (χ3n) is 5.79. The highest BCUT2D eigenvalue weighted by molar-refractivity contribution is 14.0. The number of guanidine groups is 1. The van der Waals surface area contributed by atoms with Gasteiger partial charge in [-0.2, -0.15) is 0 Å². The highest BCUT2D eigenvalue weighted by Gasteiger charge is 2.32. The number of rotatable bonds is 8. The lowest BCUT2D eigenvalue weighted by Crippen LogP contribution is -2.45. The molecule has 1 aromatic rings. The van der Waals surface area contributed by atoms with Crippen LogP contribution in [0, 0.1) is 5.92 Å². The lowest BCUT2D eigenvalue weighted by molar-refractivity contribution is -0.134. The largest absolute Gasteiger partial charge is 0.497 e. The molecule has 1 saturated carbocycles. The van der Waals surface area contributed by atoms with Crippen LogP contribution in [0.4, 0.5) is 0 Å². The maximum Gasteiger partial charge on any atom is 0.225 e. The molecular formula is C23H37IN4O3. The standard InChI is InChI=1S/C23H36N4O3.HI/c1-4-24-23(25-15-17(2)30-21-11-9-20(29-3)10-12-21)26-19-13-14-27(16-19)22(28)18-7-5-6-8-18;/h9-12,17-19H,4-8,13-16H2,1-3H3,(H2,24,25,26);1H. The average molecular weight is 544 g/mol. The number of carbonyl (C=O) groups is 1. The number of likely N-dealkylation sites (tertiary alicyclic amines) is 1. The summed E-state index contributed by atoms with van der Waals surface area (Å²) in [6, 6.07) is 7.81. The fourth-order valence-corrected chi connectivity index (χ4v) is 4.17. The Balaban J connectivity index is 0.00000341. The molecule has 3 rings (SSSR count). The van der Waals surface area contributed by atoms with E-state index >= 15 is 0 Å². The molecule has 1 aliphatic carbocycles. The SMILES string of the molecule is CCNC(=NCC(C)Oc1ccc(OC)cc1)NC1CCN(C(=O)C2CCCC2)C1.I. The molecule has 1 amide bonds. The zero-order valence-corrected chi connectivity index (χ0v) is 21.3. The number of amides is 1. The number of benzene rings is 1. The molecule has 2 atom stereocenters. The molecular weight excluding hydrogens is 507 g/mol. The van der Waals surface area contributed by atoms with Crippen LogP contribution >= 0.6 is 24.0 Å². The Bertz CT molecular complexity index is 707. The van der Waals surface area contributed by atoms with Crippen molar-refractivity contribution in [2.45, 2.75) is 58.1 Å². The first-order chi connectivity index (χ1) is 14.6. The third kappa shape index (κ3) is 7.73. The van der Waals surface area contributed by atoms with Crippen LogP contribution in [0.1, 0.15) is 46.0 Å². The van der Waals surface area contributed by atoms with Crippen molar-refractivity contribution >= 4 is 35.8 Å². The lowest BCUT2D eigenvalue weighted by atomic mass is 10.1. The molecule has 1 saturated heterocycles. The van der Waals surface area contributed by atoms with E-state index in [1.807, 2.05) is 36.1 Å². The van der Waals surface area contributed by atoms with Crippen LogP contribution in [0.15, 0.2) is 29.3 Å². The molecule has 1 aliphatic heterocycles. The van der Waals surface area contributed by atoms with E-state index in [0.717, 1.165) is 56.4 Å². The quantitative estimate of drug-likeness (QED) is 0.298. The molecule has 0 spiro atoms. The van der Waals surface area contributed by atoms with E-state index in [2.05, 4.69) is 17.6 Å². The summed E-state index contributed by atoms with van der Waals surface area (Å²) in [6.07, 6.45) is 5.41. The number of methoxy groups -OCH3 is 1. The van der Waals surface area contributed by atoms with Gasteiger partial charge < -0.3 is 25.0 Å². The smallest absolute Gasteiger partial charge is 0.225 e. The summed E-state index contributed by atoms with van der Waals surface area (Å²) >= 11 is 0. The zero-order chi connectivity index (χ0) is 21.3. The van der Waals surface area contributed by atoms with Gasteiger partial charge in [0.1, 0.15) is 17.6 Å². The molecule has 2 fully saturated rings. The van der Waals surface area contributed by atoms with Crippen molar-refractivity contribution in [3.63, 3.8) is 0 Å². The minimum absolute atomic E-state index is 0. The molecule has 0 bridgehead atoms. The monoisotopic (exact) mass is 544 g/mol. The highest BCUT2D eigenvalue weighted by atomic mass is 127. The predicted octanol–water partition coefficient (Wildman–Crippen LogP) is 3.43. The van der Waals surface area contributed by atoms with Crippen molar-refractivity contribution < 1.29 is 14.3 Å². The van der Waals surface area contributed by atoms with Crippen LogP contribution in [0.2, 0.25) is 0 Å². The van der Waals surface area contributed by atoms with Gasteiger partial charge in [-0.25, -0.2) is 4.99 Å². The molecule has 0 aromatic heterocycles. The van der Waals surface area contributed by atoms with Gasteiger partial charge >= 0.3 is 0 Å². The van der Waals surface area contributed by atoms with Gasteiger partial charge in [0.05, 0.1) is 13.7 Å². The number of nitrogens with one attached hydrogen (secondary N) is 2. The van der Waals surface area contributed by atoms with Crippen molar-refractivity contribution in [1.29, 1.82) is 0 Å². The molecule has 8 heteroatoms. The van der Waals surface area contributed by atoms with Crippen molar-refractivity contribution in [2.24, 2.45) is 10.9 Å². The summed E-state index contributed by atoms with van der Waals surface area (Å²) in [5, 5.41) is 6.81. The third-order valence-corrected chi connectivity index (χ3v) is 5.79. The fraction of sp³-hybridized carbons (Fsp3) is 0.652. The Morgan fingerprint density at radius 3 is 2.52 bits per heavy atom. The van der Waals surface area contributed by atoms with E-state index in [0.29, 0.717) is 12.5 Å². The Morgan fingerprint density at radius 1 is 1.19 bits per heavy atom. The summed E-state index contributed by atoms with van der Waals surface area (Å²) < 4.78 is 11.1. The molecule has 2 unspecified atom stereocenters. The maximum atomic E-state index is 12.7. The average Bonchev–Trinajstić information content (AvgIpc) is 3.45. The van der Waals surface area contributed by atoms with Crippen LogP contribution in [-0.2, 0) is 4.79 Å². The molecule has 0 radical (unpaired) electrons. The second-order valence-electron chi connectivity index (χ2n) is 8.22. The molecule has 7 nitrogen and oxygen atoms in total. The highest BCUT2D eigenvalue weighted by Crippen LogP contribution is 2.27. The van der Waals surface area contributed by atoms with Gasteiger partial charge in [-0.3, -0.25) is 4.79 Å². The number of hydrogen-bond donors (Lipinski definition) is 2. The summed E-state index contributed by atoms with van der Waals surface area (Å²) in [6.45, 7) is 6.99. The summed E-state index contributed by atoms with van der Waals surface area (Å²) in [5.74, 6) is 2.99. The first-order valence-electron chi connectivity index (χ1n) is 11.2. The van der Waals surface area contributed by atoms with E-state index < -0.39 is 0 Å². The number of aliphatic imine (C=N–C) groups is 1. The second-order valence-corrected chi connectivity index (χ2v) is 8.22. The Hall–Kier alpha value is -1.71. The van der Waals surface area contributed by atoms with E-state index in [1.165, 1.54) is 12.8 Å². The lowest BCUT2D eigenvalue weighted by Gasteiger charge is -2.22. The van der Waals surface area contributed by atoms with E-state index in [-0.39, 0.29) is 42.0 Å². The summed E-state index contributed by atoms with van der Waals surface area (Å²) in [5.41, 5.74) is 0. The first kappa shape index (κ1) is 25.5. The van der Waals surface area contributed by atoms with Gasteiger partial charge in [-0.1, -0.05) is 12.8 Å². The minimum atomic E-state index is -0.0575. The van der Waals surface area contributed by atoms with Gasteiger partial charge in [0.15, 0.2) is 5.96 Å². The predicted molar refractivity (Wildman–Crippen MR) is 135 cm³/mol. The molecule has 1 heterocycles. The number of carbonyl (C=O) groups excluding carboxylic acids is 1. The minimum Gasteiger partial charge on any atom is -0.497 e. The Labute approximate surface area is 203 Å². The maximum absolute atomic E-state index is 12.7. The van der Waals surface area contributed by atoms with Crippen LogP contribution < -0.4 is 20.1 Å². The Kier molecular flexibility index (Phi) is 10.7. The van der Waals surface area contributed by atoms with Crippen LogP contribution in [0.3, 0.4) is 0 Å². The topological polar surface area (TPSA) is 75.2 Å². The van der Waals surface area contributed by atoms with E-state index in [9.17, 15) is 4.79 Å². The van der Waals surface area contributed by atoms with Gasteiger partial charge in [-0.05, 0) is 57.4 Å². The first-order valence-corrected chi connectivity index (χ1v) is 11.2. The number of halogens is 1. The van der Waals surface area contributed by atoms with Gasteiger partial charge in [0, 0.05) is 31.6 Å². The van der Waals surface area contributed by atoms with Crippen LogP contribution in [-0.4, -0.2) is 62.2 Å². The van der Waals surface area contributed by atoms with Gasteiger partial charge in [-0.15, -0.1) is 24.0 Å². The second kappa shape index (κ2) is 13.0. The van der Waals surface area contributed by atoms with Crippen molar-refractivity contribution in [1.82, 2.24) is 15.5 Å². The molecule has 1 aromatic carbocycles. The van der Waals surface area contributed by atoms with Crippen molar-refractivity contribution in [3.05, 3.63) is 24.3 Å². The van der Waals surface area contributed by atoms with E-state index in [1.54, 1.807) is 7.11 Å².